The summed E-state index contributed by atoms with van der Waals surface area (Å²) in [7, 11) is 0. The van der Waals surface area contributed by atoms with Crippen LogP contribution in [0.25, 0.3) is 0 Å². The molecule has 1 aliphatic heterocycles. The number of rotatable bonds is 2. The van der Waals surface area contributed by atoms with E-state index in [1.165, 1.54) is 12.1 Å². The summed E-state index contributed by atoms with van der Waals surface area (Å²) >= 11 is 7.20. The van der Waals surface area contributed by atoms with Crippen molar-refractivity contribution in [2.45, 2.75) is 12.2 Å². The van der Waals surface area contributed by atoms with Gasteiger partial charge in [0, 0.05) is 5.75 Å². The zero-order valence-corrected chi connectivity index (χ0v) is 10.2. The molecule has 1 unspecified atom stereocenters. The third-order valence-electron chi connectivity index (χ3n) is 2.44. The number of hydrogen-bond donors (Lipinski definition) is 0. The lowest BCUT2D eigenvalue weighted by Gasteiger charge is -2.09. The second-order valence-electron chi connectivity index (χ2n) is 3.60. The summed E-state index contributed by atoms with van der Waals surface area (Å²) in [6.07, 6.45) is -4.28. The summed E-state index contributed by atoms with van der Waals surface area (Å²) in [6.45, 7) is 0. The number of nitrogens with zero attached hydrogens (tertiary/aromatic N) is 1. The van der Waals surface area contributed by atoms with Crippen LogP contribution in [0.1, 0.15) is 17.2 Å². The van der Waals surface area contributed by atoms with Crippen LogP contribution >= 0.6 is 23.4 Å². The van der Waals surface area contributed by atoms with Gasteiger partial charge in [-0.05, 0) is 17.7 Å². The molecule has 0 amide bonds. The lowest BCUT2D eigenvalue weighted by molar-refractivity contribution is -0.137. The summed E-state index contributed by atoms with van der Waals surface area (Å²) < 4.78 is 37.1. The second kappa shape index (κ2) is 4.90. The van der Waals surface area contributed by atoms with E-state index in [1.807, 2.05) is 0 Å². The summed E-state index contributed by atoms with van der Waals surface area (Å²) in [6, 6.07) is 5.07. The molecule has 0 saturated carbocycles. The van der Waals surface area contributed by atoms with Crippen LogP contribution < -0.4 is 0 Å². The molecule has 92 valence electrons. The molecule has 1 aromatic rings. The van der Waals surface area contributed by atoms with Crippen LogP contribution in [0, 0.1) is 0 Å². The Hall–Kier alpha value is -0.680. The van der Waals surface area contributed by atoms with E-state index in [-0.39, 0.29) is 6.04 Å². The Labute approximate surface area is 106 Å². The molecule has 0 saturated heterocycles. The minimum Gasteiger partial charge on any atom is -0.273 e. The SMILES string of the molecule is FC(F)(F)c1ccc(C2CSC(CCl)=N2)cc1. The maximum Gasteiger partial charge on any atom is 0.416 e. The molecule has 0 radical (unpaired) electrons. The minimum atomic E-state index is -4.28. The van der Waals surface area contributed by atoms with E-state index in [0.29, 0.717) is 5.88 Å². The average molecular weight is 280 g/mol. The minimum absolute atomic E-state index is 0.0731. The van der Waals surface area contributed by atoms with E-state index >= 15 is 0 Å². The lowest BCUT2D eigenvalue weighted by atomic mass is 10.1. The van der Waals surface area contributed by atoms with Crippen molar-refractivity contribution in [1.29, 1.82) is 0 Å². The van der Waals surface area contributed by atoms with E-state index in [9.17, 15) is 13.2 Å². The quantitative estimate of drug-likeness (QED) is 0.742. The van der Waals surface area contributed by atoms with Crippen molar-refractivity contribution in [3.05, 3.63) is 35.4 Å². The van der Waals surface area contributed by atoms with Crippen LogP contribution in [-0.2, 0) is 6.18 Å². The molecule has 0 aromatic heterocycles. The smallest absolute Gasteiger partial charge is 0.273 e. The van der Waals surface area contributed by atoms with Gasteiger partial charge in [0.05, 0.1) is 22.5 Å². The van der Waals surface area contributed by atoms with Gasteiger partial charge < -0.3 is 0 Å². The molecule has 0 N–H and O–H groups in total. The van der Waals surface area contributed by atoms with Crippen molar-refractivity contribution in [3.63, 3.8) is 0 Å². The van der Waals surface area contributed by atoms with Crippen LogP contribution in [0.15, 0.2) is 29.3 Å². The normalized spacial score (nSPS) is 20.5. The van der Waals surface area contributed by atoms with Crippen LogP contribution in [0.2, 0.25) is 0 Å². The summed E-state index contributed by atoms with van der Waals surface area (Å²) in [5, 5.41) is 0.844. The van der Waals surface area contributed by atoms with Gasteiger partial charge in [0.1, 0.15) is 0 Å². The molecular weight excluding hydrogens is 271 g/mol. The Morgan fingerprint density at radius 3 is 2.41 bits per heavy atom. The zero-order chi connectivity index (χ0) is 12.5. The van der Waals surface area contributed by atoms with Gasteiger partial charge in [0.15, 0.2) is 0 Å². The van der Waals surface area contributed by atoms with Crippen LogP contribution in [0.3, 0.4) is 0 Å². The summed E-state index contributed by atoms with van der Waals surface area (Å²) in [5.74, 6) is 1.11. The molecule has 1 nitrogen and oxygen atoms in total. The van der Waals surface area contributed by atoms with Crippen LogP contribution in [0.5, 0.6) is 0 Å². The first-order valence-electron chi connectivity index (χ1n) is 4.93. The Morgan fingerprint density at radius 1 is 1.29 bits per heavy atom. The first-order valence-corrected chi connectivity index (χ1v) is 6.45. The van der Waals surface area contributed by atoms with E-state index in [4.69, 9.17) is 11.6 Å². The summed E-state index contributed by atoms with van der Waals surface area (Å²) in [5.41, 5.74) is 0.166. The molecule has 17 heavy (non-hydrogen) atoms. The van der Waals surface area contributed by atoms with Gasteiger partial charge in [-0.25, -0.2) is 0 Å². The maximum atomic E-state index is 12.4. The molecule has 0 fully saturated rings. The highest BCUT2D eigenvalue weighted by Crippen LogP contribution is 2.33. The van der Waals surface area contributed by atoms with Crippen molar-refractivity contribution >= 4 is 28.4 Å². The molecular formula is C11H9ClF3NS. The number of thioether (sulfide) groups is 1. The number of halogens is 4. The van der Waals surface area contributed by atoms with E-state index in [0.717, 1.165) is 28.5 Å². The molecule has 1 atom stereocenters. The molecule has 1 heterocycles. The fraction of sp³-hybridized carbons (Fsp3) is 0.364. The van der Waals surface area contributed by atoms with Crippen molar-refractivity contribution in [1.82, 2.24) is 0 Å². The van der Waals surface area contributed by atoms with Crippen molar-refractivity contribution < 1.29 is 13.2 Å². The number of hydrogen-bond acceptors (Lipinski definition) is 2. The van der Waals surface area contributed by atoms with Crippen molar-refractivity contribution in [2.24, 2.45) is 4.99 Å². The fourth-order valence-electron chi connectivity index (χ4n) is 1.56. The van der Waals surface area contributed by atoms with Gasteiger partial charge in [-0.15, -0.1) is 23.4 Å². The molecule has 0 bridgehead atoms. The molecule has 1 aromatic carbocycles. The Morgan fingerprint density at radius 2 is 1.94 bits per heavy atom. The molecule has 0 spiro atoms. The van der Waals surface area contributed by atoms with E-state index < -0.39 is 11.7 Å². The van der Waals surface area contributed by atoms with Crippen molar-refractivity contribution in [3.8, 4) is 0 Å². The Kier molecular flexibility index (Phi) is 3.68. The van der Waals surface area contributed by atoms with E-state index in [2.05, 4.69) is 4.99 Å². The number of alkyl halides is 4. The largest absolute Gasteiger partial charge is 0.416 e. The first-order chi connectivity index (χ1) is 8.00. The van der Waals surface area contributed by atoms with Crippen molar-refractivity contribution in [2.75, 3.05) is 11.6 Å². The van der Waals surface area contributed by atoms with Gasteiger partial charge >= 0.3 is 6.18 Å². The zero-order valence-electron chi connectivity index (χ0n) is 8.67. The Bertz CT molecular complexity index is 427. The molecule has 2 rings (SSSR count). The van der Waals surface area contributed by atoms with Gasteiger partial charge in [0.25, 0.3) is 0 Å². The third-order valence-corrected chi connectivity index (χ3v) is 3.92. The average Bonchev–Trinajstić information content (AvgIpc) is 2.76. The number of aliphatic imine (C=N–C) groups is 1. The number of benzene rings is 1. The molecule has 0 aliphatic carbocycles. The topological polar surface area (TPSA) is 12.4 Å². The highest BCUT2D eigenvalue weighted by Gasteiger charge is 2.30. The standard InChI is InChI=1S/C11H9ClF3NS/c12-5-10-16-9(6-17-10)7-1-3-8(4-2-7)11(13,14)15/h1-4,9H,5-6H2. The predicted molar refractivity (Wildman–Crippen MR) is 64.8 cm³/mol. The van der Waals surface area contributed by atoms with E-state index in [1.54, 1.807) is 11.8 Å². The maximum absolute atomic E-state index is 12.4. The van der Waals surface area contributed by atoms with Gasteiger partial charge in [-0.1, -0.05) is 12.1 Å². The molecule has 1 aliphatic rings. The Balaban J connectivity index is 2.17. The van der Waals surface area contributed by atoms with Crippen LogP contribution in [0.4, 0.5) is 13.2 Å². The second-order valence-corrected chi connectivity index (χ2v) is 4.96. The van der Waals surface area contributed by atoms with Gasteiger partial charge in [-0.3, -0.25) is 4.99 Å². The highest BCUT2D eigenvalue weighted by molar-refractivity contribution is 8.14. The third kappa shape index (κ3) is 2.96. The summed E-state index contributed by atoms with van der Waals surface area (Å²) in [4.78, 5) is 4.34. The first kappa shape index (κ1) is 12.8. The van der Waals surface area contributed by atoms with Gasteiger partial charge in [-0.2, -0.15) is 13.2 Å². The molecule has 6 heteroatoms. The highest BCUT2D eigenvalue weighted by atomic mass is 35.5. The lowest BCUT2D eigenvalue weighted by Crippen LogP contribution is -2.05. The van der Waals surface area contributed by atoms with Crippen LogP contribution in [-0.4, -0.2) is 16.7 Å². The predicted octanol–water partition coefficient (Wildman–Crippen LogP) is 4.13. The fourth-order valence-corrected chi connectivity index (χ4v) is 2.76. The monoisotopic (exact) mass is 279 g/mol. The van der Waals surface area contributed by atoms with Gasteiger partial charge in [0.2, 0.25) is 0 Å².